The maximum absolute atomic E-state index is 3.38. The first-order chi connectivity index (χ1) is 10.9. The molecule has 0 unspecified atom stereocenters. The van der Waals surface area contributed by atoms with Gasteiger partial charge >= 0.3 is 0 Å². The first kappa shape index (κ1) is 22.2. The van der Waals surface area contributed by atoms with E-state index >= 15 is 0 Å². The van der Waals surface area contributed by atoms with Gasteiger partial charge in [0, 0.05) is 41.5 Å². The lowest BCUT2D eigenvalue weighted by Crippen LogP contribution is -2.43. The molecule has 2 heteroatoms. The Morgan fingerprint density at radius 3 is 1.57 bits per heavy atom. The fourth-order valence-corrected chi connectivity index (χ4v) is 9.11. The summed E-state index contributed by atoms with van der Waals surface area (Å²) in [6.45, 7) is 14.3. The van der Waals surface area contributed by atoms with Crippen molar-refractivity contribution in [2.75, 3.05) is 0 Å². The molecule has 0 bridgehead atoms. The molecule has 0 atom stereocenters. The molecule has 0 spiro atoms. The SMILES string of the molecule is CC(C)[Si](CC#CC#CCCCC#CC#CI)(C(C)C)C(C)C. The lowest BCUT2D eigenvalue weighted by atomic mass is 10.2. The van der Waals surface area contributed by atoms with Gasteiger partial charge in [-0.3, -0.25) is 0 Å². The largest absolute Gasteiger partial charge is 0.0921 e. The minimum atomic E-state index is -1.39. The maximum Gasteiger partial charge on any atom is 0.0740 e. The predicted molar refractivity (Wildman–Crippen MR) is 115 cm³/mol. The molecule has 0 radical (unpaired) electrons. The Hall–Kier alpha value is -0.813. The number of halogens is 1. The van der Waals surface area contributed by atoms with Gasteiger partial charge in [-0.2, -0.15) is 0 Å². The molecule has 0 aromatic heterocycles. The van der Waals surface area contributed by atoms with Gasteiger partial charge in [0.05, 0.1) is 8.07 Å². The lowest BCUT2D eigenvalue weighted by Gasteiger charge is -2.41. The van der Waals surface area contributed by atoms with Crippen molar-refractivity contribution in [1.29, 1.82) is 0 Å². The van der Waals surface area contributed by atoms with E-state index in [1.807, 2.05) is 22.6 Å². The Kier molecular flexibility index (Phi) is 12.1. The van der Waals surface area contributed by atoms with Crippen LogP contribution < -0.4 is 0 Å². The standard InChI is InChI=1S/C21H29ISi/c1-19(2)23(20(3)4,21(5)6)18-16-14-12-10-8-7-9-11-13-15-17-22/h19-21H,7-9,18H2,1-6H3. The van der Waals surface area contributed by atoms with Crippen LogP contribution in [0.15, 0.2) is 0 Å². The molecule has 0 aliphatic carbocycles. The van der Waals surface area contributed by atoms with Gasteiger partial charge in [0.2, 0.25) is 0 Å². The molecule has 0 aliphatic heterocycles. The van der Waals surface area contributed by atoms with Gasteiger partial charge in [0.15, 0.2) is 0 Å². The number of rotatable bonds is 6. The third-order valence-electron chi connectivity index (χ3n) is 4.66. The molecule has 23 heavy (non-hydrogen) atoms. The zero-order valence-corrected chi connectivity index (χ0v) is 18.6. The third kappa shape index (κ3) is 8.02. The second-order valence-electron chi connectivity index (χ2n) is 6.73. The zero-order chi connectivity index (χ0) is 17.7. The Morgan fingerprint density at radius 2 is 1.13 bits per heavy atom. The molecule has 0 fully saturated rings. The van der Waals surface area contributed by atoms with E-state index in [1.165, 1.54) is 0 Å². The van der Waals surface area contributed by atoms with E-state index in [-0.39, 0.29) is 0 Å². The van der Waals surface area contributed by atoms with Crippen molar-refractivity contribution in [3.8, 4) is 45.4 Å². The maximum atomic E-state index is 3.38. The van der Waals surface area contributed by atoms with Gasteiger partial charge < -0.3 is 0 Å². The summed E-state index contributed by atoms with van der Waals surface area (Å²) in [7, 11) is -1.39. The van der Waals surface area contributed by atoms with Crippen molar-refractivity contribution >= 4 is 30.7 Å². The van der Waals surface area contributed by atoms with E-state index in [9.17, 15) is 0 Å². The fraction of sp³-hybridized carbons (Fsp3) is 0.619. The Balaban J connectivity index is 4.52. The van der Waals surface area contributed by atoms with Crippen molar-refractivity contribution in [1.82, 2.24) is 0 Å². The summed E-state index contributed by atoms with van der Waals surface area (Å²) in [5.74, 6) is 21.2. The molecule has 0 saturated heterocycles. The highest BCUT2D eigenvalue weighted by atomic mass is 127. The topological polar surface area (TPSA) is 0 Å². The second kappa shape index (κ2) is 12.6. The summed E-state index contributed by atoms with van der Waals surface area (Å²) in [6.07, 6.45) is 2.72. The van der Waals surface area contributed by atoms with Gasteiger partial charge in [-0.05, 0) is 50.7 Å². The summed E-state index contributed by atoms with van der Waals surface area (Å²) < 4.78 is 2.73. The molecule has 0 N–H and O–H groups in total. The summed E-state index contributed by atoms with van der Waals surface area (Å²) in [6, 6.07) is 1.06. The summed E-state index contributed by atoms with van der Waals surface area (Å²) in [5, 5.41) is 0. The molecule has 0 aliphatic rings. The van der Waals surface area contributed by atoms with Crippen molar-refractivity contribution in [3.63, 3.8) is 0 Å². The molecule has 0 nitrogen and oxygen atoms in total. The molecule has 0 saturated carbocycles. The van der Waals surface area contributed by atoms with E-state index in [2.05, 4.69) is 86.9 Å². The van der Waals surface area contributed by atoms with Gasteiger partial charge in [0.1, 0.15) is 0 Å². The minimum absolute atomic E-state index is 0.758. The van der Waals surface area contributed by atoms with Gasteiger partial charge in [-0.15, -0.1) is 0 Å². The fourth-order valence-electron chi connectivity index (χ4n) is 3.36. The van der Waals surface area contributed by atoms with Gasteiger partial charge in [0.25, 0.3) is 0 Å². The van der Waals surface area contributed by atoms with Crippen LogP contribution in [0, 0.1) is 45.4 Å². The molecule has 0 rings (SSSR count). The lowest BCUT2D eigenvalue weighted by molar-refractivity contribution is 0.813. The molecule has 0 amide bonds. The van der Waals surface area contributed by atoms with Crippen molar-refractivity contribution in [2.24, 2.45) is 0 Å². The average molecular weight is 436 g/mol. The second-order valence-corrected chi connectivity index (χ2v) is 13.3. The van der Waals surface area contributed by atoms with Crippen LogP contribution in [0.4, 0.5) is 0 Å². The molecule has 0 heterocycles. The van der Waals surface area contributed by atoms with E-state index in [0.29, 0.717) is 0 Å². The van der Waals surface area contributed by atoms with Crippen molar-refractivity contribution < 1.29 is 0 Å². The van der Waals surface area contributed by atoms with Crippen LogP contribution in [-0.4, -0.2) is 8.07 Å². The van der Waals surface area contributed by atoms with E-state index in [1.54, 1.807) is 0 Å². The van der Waals surface area contributed by atoms with Crippen LogP contribution in [-0.2, 0) is 0 Å². The zero-order valence-electron chi connectivity index (χ0n) is 15.4. The summed E-state index contributed by atoms with van der Waals surface area (Å²) in [5.41, 5.74) is 2.27. The van der Waals surface area contributed by atoms with E-state index in [4.69, 9.17) is 0 Å². The highest BCUT2D eigenvalue weighted by molar-refractivity contribution is 14.1. The Morgan fingerprint density at radius 1 is 0.696 bits per heavy atom. The number of unbranched alkanes of at least 4 members (excludes halogenated alkanes) is 2. The average Bonchev–Trinajstić information content (AvgIpc) is 2.47. The quantitative estimate of drug-likeness (QED) is 0.200. The van der Waals surface area contributed by atoms with Crippen molar-refractivity contribution in [2.45, 2.75) is 83.5 Å². The smallest absolute Gasteiger partial charge is 0.0740 e. The van der Waals surface area contributed by atoms with Gasteiger partial charge in [-0.25, -0.2) is 0 Å². The van der Waals surface area contributed by atoms with Crippen LogP contribution in [0.25, 0.3) is 0 Å². The van der Waals surface area contributed by atoms with E-state index < -0.39 is 8.07 Å². The molecule has 124 valence electrons. The molecular formula is C21H29ISi. The minimum Gasteiger partial charge on any atom is -0.0921 e. The normalized spacial score (nSPS) is 10.0. The van der Waals surface area contributed by atoms with Gasteiger partial charge in [-0.1, -0.05) is 59.3 Å². The number of hydrogen-bond donors (Lipinski definition) is 0. The highest BCUT2D eigenvalue weighted by Crippen LogP contribution is 2.43. The summed E-state index contributed by atoms with van der Waals surface area (Å²) >= 11 is 1.99. The van der Waals surface area contributed by atoms with Crippen LogP contribution >= 0.6 is 22.6 Å². The first-order valence-corrected chi connectivity index (χ1v) is 12.0. The first-order valence-electron chi connectivity index (χ1n) is 8.43. The van der Waals surface area contributed by atoms with Crippen LogP contribution in [0.2, 0.25) is 22.7 Å². The van der Waals surface area contributed by atoms with Crippen LogP contribution in [0.5, 0.6) is 0 Å². The Bertz CT molecular complexity index is 561. The number of hydrogen-bond acceptors (Lipinski definition) is 0. The molecule has 0 aromatic carbocycles. The van der Waals surface area contributed by atoms with E-state index in [0.717, 1.165) is 41.9 Å². The van der Waals surface area contributed by atoms with Crippen LogP contribution in [0.3, 0.4) is 0 Å². The molecule has 0 aromatic rings. The predicted octanol–water partition coefficient (Wildman–Crippen LogP) is 6.24. The van der Waals surface area contributed by atoms with Crippen LogP contribution in [0.1, 0.15) is 60.8 Å². The Labute approximate surface area is 159 Å². The highest BCUT2D eigenvalue weighted by Gasteiger charge is 2.41. The molecular weight excluding hydrogens is 407 g/mol. The van der Waals surface area contributed by atoms with Crippen molar-refractivity contribution in [3.05, 3.63) is 0 Å². The third-order valence-corrected chi connectivity index (χ3v) is 12.2. The summed E-state index contributed by atoms with van der Waals surface area (Å²) in [4.78, 5) is 0. The monoisotopic (exact) mass is 436 g/mol.